The van der Waals surface area contributed by atoms with Crippen LogP contribution in [0.1, 0.15) is 40.9 Å². The molecule has 0 unspecified atom stereocenters. The Kier molecular flexibility index (Phi) is 12.5. The fourth-order valence-electron chi connectivity index (χ4n) is 4.91. The van der Waals surface area contributed by atoms with E-state index in [0.29, 0.717) is 81.4 Å². The van der Waals surface area contributed by atoms with Crippen molar-refractivity contribution >= 4 is 52.3 Å². The number of ether oxygens (including phenoxy) is 1. The number of nitrogens with one attached hydrogen (secondary N) is 2. The van der Waals surface area contributed by atoms with Crippen LogP contribution in [0, 0.1) is 0 Å². The van der Waals surface area contributed by atoms with E-state index in [9.17, 15) is 32.7 Å². The molecular weight excluding hydrogens is 677 g/mol. The van der Waals surface area contributed by atoms with Crippen molar-refractivity contribution in [2.24, 2.45) is 0 Å². The summed E-state index contributed by atoms with van der Waals surface area (Å²) in [6.07, 6.45) is 0.708. The van der Waals surface area contributed by atoms with Crippen LogP contribution < -0.4 is 15.8 Å². The molecule has 0 atom stereocenters. The van der Waals surface area contributed by atoms with Crippen LogP contribution in [0.25, 0.3) is 5.57 Å². The summed E-state index contributed by atoms with van der Waals surface area (Å²) in [6, 6.07) is 3.18. The molecule has 48 heavy (non-hydrogen) atoms. The zero-order valence-electron chi connectivity index (χ0n) is 26.1. The Labute approximate surface area is 282 Å². The van der Waals surface area contributed by atoms with E-state index in [-0.39, 0.29) is 28.9 Å². The molecular formula is C30H34ClF3N8O5S. The van der Waals surface area contributed by atoms with E-state index in [1.54, 1.807) is 11.9 Å². The topological polar surface area (TPSA) is 159 Å². The summed E-state index contributed by atoms with van der Waals surface area (Å²) in [5.74, 6) is -0.0356. The van der Waals surface area contributed by atoms with Crippen molar-refractivity contribution in [3.8, 4) is 5.75 Å². The molecule has 0 spiro atoms. The molecule has 2 aliphatic heterocycles. The van der Waals surface area contributed by atoms with Crippen LogP contribution in [0.3, 0.4) is 0 Å². The number of hydrogen-bond acceptors (Lipinski definition) is 11. The summed E-state index contributed by atoms with van der Waals surface area (Å²) in [5, 5.41) is 17.0. The van der Waals surface area contributed by atoms with Crippen LogP contribution in [0.5, 0.6) is 5.75 Å². The number of aryl methyl sites for hydroxylation is 1. The summed E-state index contributed by atoms with van der Waals surface area (Å²) in [6.45, 7) is 4.13. The lowest BCUT2D eigenvalue weighted by Gasteiger charge is -2.35. The number of aromatic nitrogens is 5. The van der Waals surface area contributed by atoms with Gasteiger partial charge in [0, 0.05) is 33.2 Å². The smallest absolute Gasteiger partial charge is 0.416 e. The molecule has 0 bridgehead atoms. The van der Waals surface area contributed by atoms with Crippen molar-refractivity contribution in [2.75, 3.05) is 56.7 Å². The lowest BCUT2D eigenvalue weighted by molar-refractivity contribution is -0.137. The van der Waals surface area contributed by atoms with Crippen molar-refractivity contribution in [2.45, 2.75) is 32.5 Å². The molecule has 1 amide bonds. The van der Waals surface area contributed by atoms with Gasteiger partial charge in [-0.25, -0.2) is 14.6 Å². The molecule has 2 aliphatic rings. The molecule has 18 heteroatoms. The van der Waals surface area contributed by atoms with Crippen molar-refractivity contribution < 1.29 is 32.6 Å². The molecule has 2 aromatic heterocycles. The highest BCUT2D eigenvalue weighted by Crippen LogP contribution is 2.33. The Balaban J connectivity index is 0.000000336. The van der Waals surface area contributed by atoms with E-state index in [1.807, 2.05) is 17.9 Å². The van der Waals surface area contributed by atoms with Gasteiger partial charge in [-0.15, -0.1) is 0 Å². The number of anilines is 2. The van der Waals surface area contributed by atoms with Gasteiger partial charge in [0.25, 0.3) is 11.5 Å². The van der Waals surface area contributed by atoms with Crippen LogP contribution in [0.2, 0.25) is 5.02 Å². The number of piperazine rings is 1. The maximum absolute atomic E-state index is 13.7. The van der Waals surface area contributed by atoms with Crippen molar-refractivity contribution in [1.29, 1.82) is 0 Å². The average Bonchev–Trinajstić information content (AvgIpc) is 3.54. The molecule has 0 radical (unpaired) electrons. The first-order chi connectivity index (χ1) is 23.0. The maximum Gasteiger partial charge on any atom is 0.416 e. The first-order valence-corrected chi connectivity index (χ1v) is 16.0. The number of rotatable bonds is 7. The molecule has 13 nitrogen and oxygen atoms in total. The summed E-state index contributed by atoms with van der Waals surface area (Å²) >= 11 is 6.59. The average molecular weight is 711 g/mol. The second-order valence-electron chi connectivity index (χ2n) is 10.4. The monoisotopic (exact) mass is 710 g/mol. The molecule has 3 N–H and O–H groups in total. The zero-order chi connectivity index (χ0) is 34.8. The van der Waals surface area contributed by atoms with E-state index in [1.165, 1.54) is 22.5 Å². The standard InChI is InChI=1S/C22H27N7O5S.C8H7ClF3N/c1-2-16-19(27-5-7-28(8-6-27)21(32)18-17(31)13-35-26-18)22(33)29(9-10-30)25-20(24-14-23-16)15-3-11-34-12-4-15;1-13-7-3-2-5(4-6(7)9)8(10,11)12/h3,10,13-14,31H,2,4-9,11-12H2,1H3,(H,23,24,25);2-4,13H,1H3. The highest BCUT2D eigenvalue weighted by molar-refractivity contribution is 7.04. The van der Waals surface area contributed by atoms with Crippen LogP contribution in [-0.4, -0.2) is 92.8 Å². The zero-order valence-corrected chi connectivity index (χ0v) is 27.7. The molecule has 1 aromatic carbocycles. The predicted octanol–water partition coefficient (Wildman–Crippen LogP) is 4.18. The first kappa shape index (κ1) is 36.4. The Hall–Kier alpha value is -4.48. The van der Waals surface area contributed by atoms with Gasteiger partial charge in [0.05, 0.1) is 47.1 Å². The van der Waals surface area contributed by atoms with Gasteiger partial charge in [0.15, 0.2) is 11.4 Å². The number of carbonyl (C=O) groups excluding carboxylic acids is 2. The Morgan fingerprint density at radius 1 is 1.23 bits per heavy atom. The Morgan fingerprint density at radius 3 is 2.54 bits per heavy atom. The third kappa shape index (κ3) is 8.90. The fourth-order valence-corrected chi connectivity index (χ4v) is 5.73. The number of halogens is 4. The van der Waals surface area contributed by atoms with Gasteiger partial charge in [-0.3, -0.25) is 14.7 Å². The molecule has 1 saturated heterocycles. The van der Waals surface area contributed by atoms with Gasteiger partial charge in [-0.1, -0.05) is 24.6 Å². The third-order valence-electron chi connectivity index (χ3n) is 7.42. The molecule has 1 fully saturated rings. The van der Waals surface area contributed by atoms with Gasteiger partial charge in [-0.05, 0) is 48.1 Å². The van der Waals surface area contributed by atoms with E-state index in [4.69, 9.17) is 16.3 Å². The first-order valence-electron chi connectivity index (χ1n) is 14.8. The van der Waals surface area contributed by atoms with Crippen LogP contribution >= 0.6 is 23.1 Å². The lowest BCUT2D eigenvalue weighted by Crippen LogP contribution is -2.50. The predicted molar refractivity (Wildman–Crippen MR) is 175 cm³/mol. The molecule has 0 saturated carbocycles. The van der Waals surface area contributed by atoms with Crippen molar-refractivity contribution in [1.82, 2.24) is 29.0 Å². The van der Waals surface area contributed by atoms with E-state index in [2.05, 4.69) is 24.8 Å². The number of carbonyl (C=O) groups is 2. The SMILES string of the molecule is CCc1ncnc(C2=CCOCC2)[nH]n(CC=O)c(=O)c1N1CCN(C(=O)c2nscc2O)CC1.CNc1ccc(C(F)(F)F)cc1Cl. The summed E-state index contributed by atoms with van der Waals surface area (Å²) in [4.78, 5) is 50.2. The number of alkyl halides is 3. The van der Waals surface area contributed by atoms with Gasteiger partial charge < -0.3 is 29.8 Å². The number of benzene rings is 1. The second kappa shape index (κ2) is 16.6. The number of aromatic hydroxyl groups is 1. The molecule has 4 heterocycles. The highest BCUT2D eigenvalue weighted by atomic mass is 35.5. The van der Waals surface area contributed by atoms with E-state index in [0.717, 1.165) is 29.2 Å². The number of amides is 1. The van der Waals surface area contributed by atoms with Crippen molar-refractivity contribution in [3.63, 3.8) is 0 Å². The lowest BCUT2D eigenvalue weighted by atomic mass is 10.1. The number of nitrogens with zero attached hydrogens (tertiary/aromatic N) is 6. The molecule has 258 valence electrons. The van der Waals surface area contributed by atoms with E-state index >= 15 is 0 Å². The quantitative estimate of drug-likeness (QED) is 0.304. The largest absolute Gasteiger partial charge is 0.505 e. The van der Waals surface area contributed by atoms with Gasteiger partial charge in [-0.2, -0.15) is 17.5 Å². The fraction of sp³-hybridized carbons (Fsp3) is 0.400. The normalized spacial score (nSPS) is 14.8. The maximum atomic E-state index is 13.7. The third-order valence-corrected chi connectivity index (χ3v) is 8.35. The highest BCUT2D eigenvalue weighted by Gasteiger charge is 2.31. The minimum Gasteiger partial charge on any atom is -0.505 e. The summed E-state index contributed by atoms with van der Waals surface area (Å²) in [7, 11) is 1.59. The van der Waals surface area contributed by atoms with Crippen LogP contribution in [0.15, 0.2) is 40.8 Å². The minimum atomic E-state index is -4.34. The number of H-pyrrole nitrogens is 1. The minimum absolute atomic E-state index is 0.0356. The number of aldehydes is 1. The van der Waals surface area contributed by atoms with E-state index < -0.39 is 17.3 Å². The van der Waals surface area contributed by atoms with Gasteiger partial charge in [0.2, 0.25) is 0 Å². The van der Waals surface area contributed by atoms with Gasteiger partial charge >= 0.3 is 6.18 Å². The summed E-state index contributed by atoms with van der Waals surface area (Å²) in [5.41, 5.74) is 1.16. The molecule has 0 aliphatic carbocycles. The second-order valence-corrected chi connectivity index (χ2v) is 11.4. The van der Waals surface area contributed by atoms with Crippen LogP contribution in [-0.2, 0) is 28.7 Å². The van der Waals surface area contributed by atoms with Crippen LogP contribution in [0.4, 0.5) is 24.5 Å². The number of aromatic amines is 1. The Morgan fingerprint density at radius 2 is 1.98 bits per heavy atom. The Bertz CT molecular complexity index is 1750. The van der Waals surface area contributed by atoms with Gasteiger partial charge in [0.1, 0.15) is 24.1 Å². The molecule has 5 rings (SSSR count). The van der Waals surface area contributed by atoms with Crippen molar-refractivity contribution in [3.05, 3.63) is 74.1 Å². The summed E-state index contributed by atoms with van der Waals surface area (Å²) < 4.78 is 47.0. The number of hydrogen-bond donors (Lipinski definition) is 3. The molecule has 3 aromatic rings.